The molecule has 1 rings (SSSR count). The third-order valence-corrected chi connectivity index (χ3v) is 2.89. The molecule has 0 radical (unpaired) electrons. The van der Waals surface area contributed by atoms with Crippen molar-refractivity contribution >= 4 is 11.8 Å². The lowest BCUT2D eigenvalue weighted by Gasteiger charge is -2.17. The summed E-state index contributed by atoms with van der Waals surface area (Å²) in [5, 5.41) is 5.53. The van der Waals surface area contributed by atoms with Crippen molar-refractivity contribution in [1.82, 2.24) is 10.6 Å². The molecule has 0 heterocycles. The second-order valence-corrected chi connectivity index (χ2v) is 4.39. The van der Waals surface area contributed by atoms with Gasteiger partial charge in [-0.2, -0.15) is 0 Å². The highest BCUT2D eigenvalue weighted by Gasteiger charge is 2.19. The van der Waals surface area contributed by atoms with Gasteiger partial charge in [0.25, 0.3) is 0 Å². The predicted molar refractivity (Wildman–Crippen MR) is 75.7 cm³/mol. The van der Waals surface area contributed by atoms with Gasteiger partial charge in [0.1, 0.15) is 6.04 Å². The quantitative estimate of drug-likeness (QED) is 0.785. The number of hydrogen-bond acceptors (Lipinski definition) is 2. The van der Waals surface area contributed by atoms with E-state index in [1.54, 1.807) is 6.92 Å². The first kappa shape index (κ1) is 15.2. The molecule has 1 aromatic carbocycles. The normalized spacial score (nSPS) is 11.7. The first-order valence-corrected chi connectivity index (χ1v) is 6.78. The first-order chi connectivity index (χ1) is 9.17. The lowest BCUT2D eigenvalue weighted by molar-refractivity contribution is -0.128. The van der Waals surface area contributed by atoms with E-state index in [0.717, 1.165) is 6.42 Å². The van der Waals surface area contributed by atoms with Crippen molar-refractivity contribution in [2.45, 2.75) is 39.2 Å². The molecular weight excluding hydrogens is 240 g/mol. The molecule has 0 spiro atoms. The van der Waals surface area contributed by atoms with Gasteiger partial charge in [-0.15, -0.1) is 0 Å². The van der Waals surface area contributed by atoms with Crippen LogP contribution >= 0.6 is 0 Å². The summed E-state index contributed by atoms with van der Waals surface area (Å²) < 4.78 is 0. The zero-order valence-corrected chi connectivity index (χ0v) is 11.6. The van der Waals surface area contributed by atoms with E-state index >= 15 is 0 Å². The molecule has 4 heteroatoms. The lowest BCUT2D eigenvalue weighted by Crippen LogP contribution is -2.46. The maximum Gasteiger partial charge on any atom is 0.242 e. The van der Waals surface area contributed by atoms with E-state index in [0.29, 0.717) is 19.4 Å². The van der Waals surface area contributed by atoms with Gasteiger partial charge in [-0.3, -0.25) is 9.59 Å². The van der Waals surface area contributed by atoms with Gasteiger partial charge in [0, 0.05) is 13.0 Å². The molecule has 4 nitrogen and oxygen atoms in total. The third-order valence-electron chi connectivity index (χ3n) is 2.89. The predicted octanol–water partition coefficient (Wildman–Crippen LogP) is 1.65. The van der Waals surface area contributed by atoms with Crippen LogP contribution in [0.4, 0.5) is 0 Å². The van der Waals surface area contributed by atoms with Crippen molar-refractivity contribution in [2.75, 3.05) is 6.54 Å². The van der Waals surface area contributed by atoms with E-state index in [1.165, 1.54) is 5.56 Å². The molecule has 0 aliphatic heterocycles. The maximum absolute atomic E-state index is 11.9. The zero-order valence-electron chi connectivity index (χ0n) is 11.6. The molecule has 0 fully saturated rings. The minimum absolute atomic E-state index is 0.0932. The van der Waals surface area contributed by atoms with E-state index < -0.39 is 6.04 Å². The number of aryl methyl sites for hydroxylation is 1. The molecule has 1 aromatic rings. The fraction of sp³-hybridized carbons (Fsp3) is 0.467. The number of likely N-dealkylation sites (N-methyl/N-ethyl adjacent to an activating group) is 1. The van der Waals surface area contributed by atoms with Crippen LogP contribution in [0.1, 0.15) is 32.3 Å². The summed E-state index contributed by atoms with van der Waals surface area (Å²) in [6.45, 7) is 4.22. The van der Waals surface area contributed by atoms with Crippen LogP contribution in [0, 0.1) is 0 Å². The molecule has 0 aliphatic rings. The van der Waals surface area contributed by atoms with Crippen molar-refractivity contribution < 1.29 is 9.59 Å². The third kappa shape index (κ3) is 5.55. The van der Waals surface area contributed by atoms with Crippen molar-refractivity contribution in [2.24, 2.45) is 0 Å². The van der Waals surface area contributed by atoms with E-state index in [2.05, 4.69) is 10.6 Å². The average molecular weight is 262 g/mol. The summed E-state index contributed by atoms with van der Waals surface area (Å²) in [6.07, 6.45) is 1.77. The number of nitrogens with one attached hydrogen (secondary N) is 2. The van der Waals surface area contributed by atoms with Gasteiger partial charge < -0.3 is 10.6 Å². The van der Waals surface area contributed by atoms with Crippen LogP contribution in [0.2, 0.25) is 0 Å². The number of hydrogen-bond donors (Lipinski definition) is 2. The van der Waals surface area contributed by atoms with Gasteiger partial charge in [0.05, 0.1) is 0 Å². The van der Waals surface area contributed by atoms with Crippen molar-refractivity contribution in [3.05, 3.63) is 35.9 Å². The molecular formula is C15H22N2O2. The monoisotopic (exact) mass is 262 g/mol. The topological polar surface area (TPSA) is 58.2 Å². The van der Waals surface area contributed by atoms with Gasteiger partial charge in [0.15, 0.2) is 0 Å². The van der Waals surface area contributed by atoms with Crippen LogP contribution < -0.4 is 10.6 Å². The summed E-state index contributed by atoms with van der Waals surface area (Å²) in [5.41, 5.74) is 1.17. The van der Waals surface area contributed by atoms with E-state index in [-0.39, 0.29) is 11.8 Å². The van der Waals surface area contributed by atoms with Gasteiger partial charge in [-0.1, -0.05) is 37.3 Å². The van der Waals surface area contributed by atoms with Gasteiger partial charge >= 0.3 is 0 Å². The largest absolute Gasteiger partial charge is 0.355 e. The Labute approximate surface area is 114 Å². The SMILES string of the molecule is CCNC(=O)[C@H](CCc1ccccc1)NC(=O)CC. The highest BCUT2D eigenvalue weighted by Crippen LogP contribution is 2.05. The van der Waals surface area contributed by atoms with Crippen LogP contribution in [0.15, 0.2) is 30.3 Å². The standard InChI is InChI=1S/C15H22N2O2/c1-3-14(18)17-13(15(19)16-4-2)11-10-12-8-6-5-7-9-12/h5-9,13H,3-4,10-11H2,1-2H3,(H,16,19)(H,17,18)/t13-/m0/s1. The van der Waals surface area contributed by atoms with Crippen molar-refractivity contribution in [3.8, 4) is 0 Å². The Hall–Kier alpha value is -1.84. The van der Waals surface area contributed by atoms with E-state index in [9.17, 15) is 9.59 Å². The summed E-state index contributed by atoms with van der Waals surface area (Å²) in [4.78, 5) is 23.3. The van der Waals surface area contributed by atoms with Crippen LogP contribution in [-0.4, -0.2) is 24.4 Å². The highest BCUT2D eigenvalue weighted by molar-refractivity contribution is 5.87. The molecule has 0 bridgehead atoms. The van der Waals surface area contributed by atoms with Crippen LogP contribution in [0.5, 0.6) is 0 Å². The fourth-order valence-electron chi connectivity index (χ4n) is 1.82. The summed E-state index contributed by atoms with van der Waals surface area (Å²) in [6, 6.07) is 9.51. The van der Waals surface area contributed by atoms with Gasteiger partial charge in [-0.25, -0.2) is 0 Å². The Morgan fingerprint density at radius 1 is 1.16 bits per heavy atom. The van der Waals surface area contributed by atoms with Gasteiger partial charge in [-0.05, 0) is 25.3 Å². The smallest absolute Gasteiger partial charge is 0.242 e. The molecule has 0 unspecified atom stereocenters. The van der Waals surface area contributed by atoms with Crippen molar-refractivity contribution in [3.63, 3.8) is 0 Å². The highest BCUT2D eigenvalue weighted by atomic mass is 16.2. The molecule has 1 atom stereocenters. The molecule has 0 aliphatic carbocycles. The first-order valence-electron chi connectivity index (χ1n) is 6.78. The second-order valence-electron chi connectivity index (χ2n) is 4.39. The number of carbonyl (C=O) groups excluding carboxylic acids is 2. The Bertz CT molecular complexity index is 404. The molecule has 19 heavy (non-hydrogen) atoms. The average Bonchev–Trinajstić information content (AvgIpc) is 2.44. The molecule has 0 saturated carbocycles. The van der Waals surface area contributed by atoms with E-state index in [4.69, 9.17) is 0 Å². The lowest BCUT2D eigenvalue weighted by atomic mass is 10.0. The van der Waals surface area contributed by atoms with Crippen LogP contribution in [-0.2, 0) is 16.0 Å². The Balaban J connectivity index is 2.58. The molecule has 104 valence electrons. The number of benzene rings is 1. The Morgan fingerprint density at radius 2 is 1.84 bits per heavy atom. The number of carbonyl (C=O) groups is 2. The summed E-state index contributed by atoms with van der Waals surface area (Å²) in [7, 11) is 0. The number of rotatable bonds is 7. The minimum Gasteiger partial charge on any atom is -0.355 e. The minimum atomic E-state index is -0.451. The second kappa shape index (κ2) is 8.29. The van der Waals surface area contributed by atoms with Crippen LogP contribution in [0.3, 0.4) is 0 Å². The summed E-state index contributed by atoms with van der Waals surface area (Å²) in [5.74, 6) is -0.204. The van der Waals surface area contributed by atoms with Gasteiger partial charge in [0.2, 0.25) is 11.8 Å². The number of amides is 2. The molecule has 0 saturated heterocycles. The van der Waals surface area contributed by atoms with E-state index in [1.807, 2.05) is 37.3 Å². The maximum atomic E-state index is 11.9. The molecule has 0 aromatic heterocycles. The van der Waals surface area contributed by atoms with Crippen LogP contribution in [0.25, 0.3) is 0 Å². The zero-order chi connectivity index (χ0) is 14.1. The Kier molecular flexibility index (Phi) is 6.64. The molecule has 2 amide bonds. The fourth-order valence-corrected chi connectivity index (χ4v) is 1.82. The molecule has 2 N–H and O–H groups in total. The Morgan fingerprint density at radius 3 is 2.42 bits per heavy atom. The summed E-state index contributed by atoms with van der Waals surface area (Å²) >= 11 is 0. The van der Waals surface area contributed by atoms with Crippen molar-refractivity contribution in [1.29, 1.82) is 0 Å².